The lowest BCUT2D eigenvalue weighted by atomic mass is 10.1. The molecule has 1 unspecified atom stereocenters. The first-order chi connectivity index (χ1) is 9.20. The van der Waals surface area contributed by atoms with Crippen LogP contribution in [0.5, 0.6) is 0 Å². The van der Waals surface area contributed by atoms with Crippen molar-refractivity contribution in [3.8, 4) is 0 Å². The molecule has 1 aliphatic heterocycles. The Labute approximate surface area is 115 Å². The Kier molecular flexibility index (Phi) is 4.73. The fourth-order valence-corrected chi connectivity index (χ4v) is 2.62. The van der Waals surface area contributed by atoms with Gasteiger partial charge < -0.3 is 15.0 Å². The molecule has 0 aliphatic carbocycles. The van der Waals surface area contributed by atoms with Gasteiger partial charge in [0.1, 0.15) is 5.69 Å². The highest BCUT2D eigenvalue weighted by atomic mass is 32.1. The zero-order valence-corrected chi connectivity index (χ0v) is 11.6. The van der Waals surface area contributed by atoms with Crippen LogP contribution >= 0.6 is 11.3 Å². The molecule has 1 aliphatic rings. The molecule has 1 saturated heterocycles. The maximum atomic E-state index is 12.1. The Morgan fingerprint density at radius 1 is 1.63 bits per heavy atom. The molecule has 1 N–H and O–H groups in total. The number of carbonyl (C=O) groups is 2. The van der Waals surface area contributed by atoms with E-state index in [9.17, 15) is 9.59 Å². The van der Waals surface area contributed by atoms with E-state index >= 15 is 0 Å². The third-order valence-electron chi connectivity index (χ3n) is 2.96. The first-order valence-corrected chi connectivity index (χ1v) is 7.25. The molecule has 1 aromatic heterocycles. The highest BCUT2D eigenvalue weighted by Gasteiger charge is 2.26. The summed E-state index contributed by atoms with van der Waals surface area (Å²) in [5.41, 5.74) is 2.12. The second kappa shape index (κ2) is 6.51. The molecule has 0 aromatic carbocycles. The van der Waals surface area contributed by atoms with Crippen molar-refractivity contribution in [1.29, 1.82) is 0 Å². The standard InChI is InChI=1S/C12H17N3O3S/c1-2-18-12(17)14-9-4-3-5-15(6-9)11(16)10-7-19-8-13-10/h7-9H,2-6H2,1H3,(H,14,17). The van der Waals surface area contributed by atoms with Crippen LogP contribution in [0.2, 0.25) is 0 Å². The van der Waals surface area contributed by atoms with Crippen LogP contribution in [0.1, 0.15) is 30.3 Å². The van der Waals surface area contributed by atoms with E-state index in [2.05, 4.69) is 10.3 Å². The van der Waals surface area contributed by atoms with Crippen LogP contribution in [0.25, 0.3) is 0 Å². The predicted molar refractivity (Wildman–Crippen MR) is 71.2 cm³/mol. The summed E-state index contributed by atoms with van der Waals surface area (Å²) in [5.74, 6) is -0.0726. The van der Waals surface area contributed by atoms with Gasteiger partial charge in [0.2, 0.25) is 0 Å². The largest absolute Gasteiger partial charge is 0.450 e. The minimum atomic E-state index is -0.421. The van der Waals surface area contributed by atoms with Crippen LogP contribution in [-0.2, 0) is 4.74 Å². The summed E-state index contributed by atoms with van der Waals surface area (Å²) in [5, 5.41) is 4.52. The quantitative estimate of drug-likeness (QED) is 0.912. The molecule has 0 bridgehead atoms. The number of piperidine rings is 1. The van der Waals surface area contributed by atoms with Crippen molar-refractivity contribution in [3.05, 3.63) is 16.6 Å². The van der Waals surface area contributed by atoms with Crippen molar-refractivity contribution in [2.45, 2.75) is 25.8 Å². The summed E-state index contributed by atoms with van der Waals surface area (Å²) in [6.45, 7) is 3.32. The molecule has 6 nitrogen and oxygen atoms in total. The number of nitrogens with zero attached hydrogens (tertiary/aromatic N) is 2. The summed E-state index contributed by atoms with van der Waals surface area (Å²) >= 11 is 1.40. The van der Waals surface area contributed by atoms with E-state index in [1.54, 1.807) is 22.7 Å². The highest BCUT2D eigenvalue weighted by Crippen LogP contribution is 2.14. The molecule has 19 heavy (non-hydrogen) atoms. The van der Waals surface area contributed by atoms with Gasteiger partial charge in [-0.25, -0.2) is 9.78 Å². The number of rotatable bonds is 3. The topological polar surface area (TPSA) is 71.5 Å². The normalized spacial score (nSPS) is 19.0. The van der Waals surface area contributed by atoms with Crippen LogP contribution in [0.15, 0.2) is 10.9 Å². The number of carbonyl (C=O) groups excluding carboxylic acids is 2. The van der Waals surface area contributed by atoms with E-state index in [-0.39, 0.29) is 11.9 Å². The fourth-order valence-electron chi connectivity index (χ4n) is 2.10. The first-order valence-electron chi connectivity index (χ1n) is 6.31. The van der Waals surface area contributed by atoms with E-state index in [1.807, 2.05) is 0 Å². The van der Waals surface area contributed by atoms with Crippen LogP contribution in [0.3, 0.4) is 0 Å². The SMILES string of the molecule is CCOC(=O)NC1CCCN(C(=O)c2cscn2)C1. The molecule has 0 radical (unpaired) electrons. The molecular formula is C12H17N3O3S. The van der Waals surface area contributed by atoms with Gasteiger partial charge in [-0.3, -0.25) is 4.79 Å². The van der Waals surface area contributed by atoms with Crippen molar-refractivity contribution in [2.75, 3.05) is 19.7 Å². The fraction of sp³-hybridized carbons (Fsp3) is 0.583. The third kappa shape index (κ3) is 3.66. The average molecular weight is 283 g/mol. The lowest BCUT2D eigenvalue weighted by Crippen LogP contribution is -2.49. The minimum Gasteiger partial charge on any atom is -0.450 e. The lowest BCUT2D eigenvalue weighted by molar-refractivity contribution is 0.0681. The Morgan fingerprint density at radius 2 is 2.47 bits per heavy atom. The second-order valence-electron chi connectivity index (χ2n) is 4.33. The van der Waals surface area contributed by atoms with E-state index in [0.717, 1.165) is 12.8 Å². The number of thiazole rings is 1. The molecular weight excluding hydrogens is 266 g/mol. The van der Waals surface area contributed by atoms with Crippen molar-refractivity contribution >= 4 is 23.3 Å². The van der Waals surface area contributed by atoms with Crippen molar-refractivity contribution in [3.63, 3.8) is 0 Å². The van der Waals surface area contributed by atoms with Crippen LogP contribution < -0.4 is 5.32 Å². The highest BCUT2D eigenvalue weighted by molar-refractivity contribution is 7.07. The van der Waals surface area contributed by atoms with Gasteiger partial charge in [-0.1, -0.05) is 0 Å². The number of ether oxygens (including phenoxy) is 1. The number of aromatic nitrogens is 1. The molecule has 0 saturated carbocycles. The third-order valence-corrected chi connectivity index (χ3v) is 3.54. The molecule has 0 spiro atoms. The molecule has 1 aromatic rings. The van der Waals surface area contributed by atoms with Gasteiger partial charge >= 0.3 is 6.09 Å². The Bertz CT molecular complexity index is 435. The van der Waals surface area contributed by atoms with Gasteiger partial charge in [-0.15, -0.1) is 11.3 Å². The van der Waals surface area contributed by atoms with Gasteiger partial charge in [-0.2, -0.15) is 0 Å². The maximum absolute atomic E-state index is 12.1. The molecule has 1 fully saturated rings. The molecule has 7 heteroatoms. The van der Waals surface area contributed by atoms with Crippen molar-refractivity contribution < 1.29 is 14.3 Å². The number of hydrogen-bond acceptors (Lipinski definition) is 5. The first kappa shape index (κ1) is 13.8. The summed E-state index contributed by atoms with van der Waals surface area (Å²) in [7, 11) is 0. The number of amides is 2. The number of nitrogens with one attached hydrogen (secondary N) is 1. The molecule has 2 rings (SSSR count). The van der Waals surface area contributed by atoms with Crippen molar-refractivity contribution in [2.24, 2.45) is 0 Å². The summed E-state index contributed by atoms with van der Waals surface area (Å²) in [4.78, 5) is 29.3. The lowest BCUT2D eigenvalue weighted by Gasteiger charge is -2.32. The average Bonchev–Trinajstić information content (AvgIpc) is 2.92. The van der Waals surface area contributed by atoms with Gasteiger partial charge in [0.15, 0.2) is 0 Å². The van der Waals surface area contributed by atoms with Crippen LogP contribution in [-0.4, -0.2) is 47.6 Å². The minimum absolute atomic E-state index is 0.0459. The van der Waals surface area contributed by atoms with Gasteiger partial charge in [0.25, 0.3) is 5.91 Å². The zero-order chi connectivity index (χ0) is 13.7. The van der Waals surface area contributed by atoms with Gasteiger partial charge in [0, 0.05) is 24.5 Å². The number of hydrogen-bond donors (Lipinski definition) is 1. The molecule has 2 heterocycles. The Hall–Kier alpha value is -1.63. The number of alkyl carbamates (subject to hydrolysis) is 1. The Balaban J connectivity index is 1.90. The monoisotopic (exact) mass is 283 g/mol. The predicted octanol–water partition coefficient (Wildman–Crippen LogP) is 1.49. The second-order valence-corrected chi connectivity index (χ2v) is 5.05. The van der Waals surface area contributed by atoms with Gasteiger partial charge in [0.05, 0.1) is 12.1 Å². The molecule has 1 atom stereocenters. The summed E-state index contributed by atoms with van der Waals surface area (Å²) in [6, 6.07) is -0.0459. The summed E-state index contributed by atoms with van der Waals surface area (Å²) in [6.07, 6.45) is 1.31. The Morgan fingerprint density at radius 3 is 3.16 bits per heavy atom. The van der Waals surface area contributed by atoms with Gasteiger partial charge in [-0.05, 0) is 19.8 Å². The van der Waals surface area contributed by atoms with Crippen LogP contribution in [0.4, 0.5) is 4.79 Å². The van der Waals surface area contributed by atoms with E-state index < -0.39 is 6.09 Å². The molecule has 104 valence electrons. The number of likely N-dealkylation sites (tertiary alicyclic amines) is 1. The maximum Gasteiger partial charge on any atom is 0.407 e. The zero-order valence-electron chi connectivity index (χ0n) is 10.8. The van der Waals surface area contributed by atoms with Crippen molar-refractivity contribution in [1.82, 2.24) is 15.2 Å². The smallest absolute Gasteiger partial charge is 0.407 e. The van der Waals surface area contributed by atoms with E-state index in [4.69, 9.17) is 4.74 Å². The van der Waals surface area contributed by atoms with E-state index in [0.29, 0.717) is 25.4 Å². The van der Waals surface area contributed by atoms with E-state index in [1.165, 1.54) is 11.3 Å². The summed E-state index contributed by atoms with van der Waals surface area (Å²) < 4.78 is 4.85. The molecule has 2 amide bonds. The van der Waals surface area contributed by atoms with Crippen LogP contribution in [0, 0.1) is 0 Å².